The van der Waals surface area contributed by atoms with Gasteiger partial charge in [0.15, 0.2) is 11.5 Å². The summed E-state index contributed by atoms with van der Waals surface area (Å²) in [5, 5.41) is -0.367. The number of hydrogen-bond acceptors (Lipinski definition) is 4. The van der Waals surface area contributed by atoms with E-state index in [0.717, 1.165) is 12.8 Å². The molecule has 1 aromatic carbocycles. The number of amides is 1. The first-order chi connectivity index (χ1) is 9.65. The molecule has 1 saturated heterocycles. The van der Waals surface area contributed by atoms with Crippen LogP contribution >= 0.6 is 11.6 Å². The molecule has 1 aromatic rings. The molecule has 2 heterocycles. The lowest BCUT2D eigenvalue weighted by molar-refractivity contribution is -0.116. The lowest BCUT2D eigenvalue weighted by atomic mass is 9.98. The van der Waals surface area contributed by atoms with Crippen LogP contribution in [0.25, 0.3) is 0 Å². The Morgan fingerprint density at radius 2 is 2.05 bits per heavy atom. The lowest BCUT2D eigenvalue weighted by Gasteiger charge is -2.31. The molecule has 0 aromatic heterocycles. The van der Waals surface area contributed by atoms with E-state index in [1.54, 1.807) is 23.1 Å². The van der Waals surface area contributed by atoms with Gasteiger partial charge in [0.1, 0.15) is 0 Å². The van der Waals surface area contributed by atoms with Crippen molar-refractivity contribution < 1.29 is 19.1 Å². The molecule has 2 aliphatic heterocycles. The van der Waals surface area contributed by atoms with Gasteiger partial charge in [0.05, 0.1) is 5.92 Å². The van der Waals surface area contributed by atoms with Gasteiger partial charge in [-0.1, -0.05) is 0 Å². The highest BCUT2D eigenvalue weighted by atomic mass is 35.5. The fourth-order valence-corrected chi connectivity index (χ4v) is 2.74. The predicted molar refractivity (Wildman–Crippen MR) is 72.1 cm³/mol. The van der Waals surface area contributed by atoms with Gasteiger partial charge in [0, 0.05) is 18.7 Å². The standard InChI is InChI=1S/C14H14ClNO4/c15-13(17)10-2-1-5-16(7-10)14(18)9-3-4-11-12(6-9)20-8-19-11/h3-4,6,10H,1-2,5,7-8H2. The number of hydrogen-bond donors (Lipinski definition) is 0. The van der Waals surface area contributed by atoms with Gasteiger partial charge in [0.25, 0.3) is 5.91 Å². The minimum atomic E-state index is -0.367. The second-order valence-corrected chi connectivity index (χ2v) is 5.33. The van der Waals surface area contributed by atoms with Crippen molar-refractivity contribution in [3.63, 3.8) is 0 Å². The zero-order valence-corrected chi connectivity index (χ0v) is 11.6. The van der Waals surface area contributed by atoms with E-state index in [0.29, 0.717) is 30.2 Å². The Morgan fingerprint density at radius 1 is 1.25 bits per heavy atom. The largest absolute Gasteiger partial charge is 0.454 e. The van der Waals surface area contributed by atoms with Crippen LogP contribution in [0, 0.1) is 5.92 Å². The van der Waals surface area contributed by atoms with Crippen LogP contribution in [0.15, 0.2) is 18.2 Å². The van der Waals surface area contributed by atoms with Crippen LogP contribution in [-0.4, -0.2) is 35.9 Å². The first kappa shape index (κ1) is 13.2. The first-order valence-electron chi connectivity index (χ1n) is 6.53. The SMILES string of the molecule is O=C(Cl)C1CCCN(C(=O)c2ccc3c(c2)OCO3)C1. The van der Waals surface area contributed by atoms with Crippen LogP contribution < -0.4 is 9.47 Å². The third-order valence-electron chi connectivity index (χ3n) is 3.65. The van der Waals surface area contributed by atoms with Crippen molar-refractivity contribution in [2.45, 2.75) is 12.8 Å². The molecule has 1 fully saturated rings. The average molecular weight is 296 g/mol. The van der Waals surface area contributed by atoms with Gasteiger partial charge in [-0.25, -0.2) is 0 Å². The molecule has 0 radical (unpaired) electrons. The monoisotopic (exact) mass is 295 g/mol. The van der Waals surface area contributed by atoms with E-state index >= 15 is 0 Å². The van der Waals surface area contributed by atoms with Gasteiger partial charge < -0.3 is 14.4 Å². The third-order valence-corrected chi connectivity index (χ3v) is 3.96. The Balaban J connectivity index is 1.76. The zero-order valence-electron chi connectivity index (χ0n) is 10.8. The molecular formula is C14H14ClNO4. The summed E-state index contributed by atoms with van der Waals surface area (Å²) in [4.78, 5) is 25.4. The molecule has 0 N–H and O–H groups in total. The molecule has 6 heteroatoms. The number of benzene rings is 1. The van der Waals surface area contributed by atoms with Gasteiger partial charge >= 0.3 is 0 Å². The maximum Gasteiger partial charge on any atom is 0.254 e. The van der Waals surface area contributed by atoms with E-state index in [4.69, 9.17) is 21.1 Å². The van der Waals surface area contributed by atoms with Crippen molar-refractivity contribution in [1.82, 2.24) is 4.90 Å². The van der Waals surface area contributed by atoms with E-state index in [-0.39, 0.29) is 23.9 Å². The zero-order chi connectivity index (χ0) is 14.1. The van der Waals surface area contributed by atoms with Crippen LogP contribution in [-0.2, 0) is 4.79 Å². The van der Waals surface area contributed by atoms with Crippen molar-refractivity contribution >= 4 is 22.8 Å². The molecule has 0 aliphatic carbocycles. The summed E-state index contributed by atoms with van der Waals surface area (Å²) in [5.41, 5.74) is 0.539. The maximum atomic E-state index is 12.4. The number of carbonyl (C=O) groups is 2. The van der Waals surface area contributed by atoms with Gasteiger partial charge in [-0.15, -0.1) is 0 Å². The van der Waals surface area contributed by atoms with Crippen LogP contribution in [0.3, 0.4) is 0 Å². The Bertz CT molecular complexity index is 560. The van der Waals surface area contributed by atoms with Crippen molar-refractivity contribution in [2.75, 3.05) is 19.9 Å². The fraction of sp³-hybridized carbons (Fsp3) is 0.429. The molecule has 1 unspecified atom stereocenters. The second kappa shape index (κ2) is 5.32. The summed E-state index contributed by atoms with van der Waals surface area (Å²) in [7, 11) is 0. The van der Waals surface area contributed by atoms with Crippen LogP contribution in [0.4, 0.5) is 0 Å². The maximum absolute atomic E-state index is 12.4. The Kier molecular flexibility index (Phi) is 3.53. The Morgan fingerprint density at radius 3 is 2.85 bits per heavy atom. The normalized spacial score (nSPS) is 20.9. The van der Waals surface area contributed by atoms with Crippen LogP contribution in [0.1, 0.15) is 23.2 Å². The molecule has 3 rings (SSSR count). The number of likely N-dealkylation sites (tertiary alicyclic amines) is 1. The highest BCUT2D eigenvalue weighted by molar-refractivity contribution is 6.64. The fourth-order valence-electron chi connectivity index (χ4n) is 2.56. The number of ether oxygens (including phenoxy) is 2. The quantitative estimate of drug-likeness (QED) is 0.784. The average Bonchev–Trinajstić information content (AvgIpc) is 2.94. The number of piperidine rings is 1. The molecular weight excluding hydrogens is 282 g/mol. The first-order valence-corrected chi connectivity index (χ1v) is 6.91. The van der Waals surface area contributed by atoms with E-state index in [9.17, 15) is 9.59 Å². The summed E-state index contributed by atoms with van der Waals surface area (Å²) in [6.07, 6.45) is 1.53. The van der Waals surface area contributed by atoms with Gasteiger partial charge in [-0.3, -0.25) is 9.59 Å². The molecule has 0 saturated carbocycles. The minimum Gasteiger partial charge on any atom is -0.454 e. The van der Waals surface area contributed by atoms with Gasteiger partial charge in [-0.05, 0) is 42.6 Å². The number of rotatable bonds is 2. The third kappa shape index (κ3) is 2.45. The second-order valence-electron chi connectivity index (χ2n) is 4.96. The van der Waals surface area contributed by atoms with Crippen molar-refractivity contribution in [3.05, 3.63) is 23.8 Å². The molecule has 106 valence electrons. The molecule has 0 spiro atoms. The Hall–Kier alpha value is -1.75. The van der Waals surface area contributed by atoms with Crippen molar-refractivity contribution in [1.29, 1.82) is 0 Å². The smallest absolute Gasteiger partial charge is 0.254 e. The Labute approximate surface area is 121 Å². The number of nitrogens with zero attached hydrogens (tertiary/aromatic N) is 1. The molecule has 5 nitrogen and oxygen atoms in total. The van der Waals surface area contributed by atoms with E-state index in [2.05, 4.69) is 0 Å². The van der Waals surface area contributed by atoms with Crippen LogP contribution in [0.5, 0.6) is 11.5 Å². The summed E-state index contributed by atoms with van der Waals surface area (Å²) >= 11 is 5.54. The predicted octanol–water partition coefficient (Wildman–Crippen LogP) is 2.03. The van der Waals surface area contributed by atoms with Gasteiger partial charge in [-0.2, -0.15) is 0 Å². The molecule has 2 aliphatic rings. The number of fused-ring (bicyclic) bond motifs is 1. The van der Waals surface area contributed by atoms with E-state index in [1.807, 2.05) is 0 Å². The highest BCUT2D eigenvalue weighted by Gasteiger charge is 2.28. The number of carbonyl (C=O) groups excluding carboxylic acids is 2. The van der Waals surface area contributed by atoms with Crippen LogP contribution in [0.2, 0.25) is 0 Å². The molecule has 20 heavy (non-hydrogen) atoms. The number of halogens is 1. The van der Waals surface area contributed by atoms with E-state index in [1.165, 1.54) is 0 Å². The highest BCUT2D eigenvalue weighted by Crippen LogP contribution is 2.33. The molecule has 0 bridgehead atoms. The summed E-state index contributed by atoms with van der Waals surface area (Å²) in [6.45, 7) is 1.21. The summed E-state index contributed by atoms with van der Waals surface area (Å²) < 4.78 is 10.5. The van der Waals surface area contributed by atoms with E-state index < -0.39 is 0 Å². The molecule has 1 amide bonds. The van der Waals surface area contributed by atoms with Crippen molar-refractivity contribution in [2.24, 2.45) is 5.92 Å². The van der Waals surface area contributed by atoms with Gasteiger partial charge in [0.2, 0.25) is 12.0 Å². The lowest BCUT2D eigenvalue weighted by Crippen LogP contribution is -2.41. The summed E-state index contributed by atoms with van der Waals surface area (Å²) in [6, 6.07) is 5.11. The topological polar surface area (TPSA) is 55.8 Å². The summed E-state index contributed by atoms with van der Waals surface area (Å²) in [5.74, 6) is 0.862. The van der Waals surface area contributed by atoms with Crippen molar-refractivity contribution in [3.8, 4) is 11.5 Å². The molecule has 1 atom stereocenters. The minimum absolute atomic E-state index is 0.106.